The van der Waals surface area contributed by atoms with E-state index in [1.165, 1.54) is 0 Å². The summed E-state index contributed by atoms with van der Waals surface area (Å²) >= 11 is 4.27. The number of esters is 1. The number of ether oxygens (including phenoxy) is 1. The number of hydrogen-bond donors (Lipinski definition) is 0. The minimum absolute atomic E-state index is 0.174. The van der Waals surface area contributed by atoms with Crippen molar-refractivity contribution in [2.75, 3.05) is 0 Å². The number of carbonyl (C=O) groups excluding carboxylic acids is 1. The molecule has 0 atom stereocenters. The number of carbonyl (C=O) groups is 1. The van der Waals surface area contributed by atoms with Crippen molar-refractivity contribution in [2.45, 2.75) is 12.0 Å². The molecule has 0 aromatic heterocycles. The Kier molecular flexibility index (Phi) is 4.10. The van der Waals surface area contributed by atoms with Gasteiger partial charge in [-0.15, -0.1) is 0 Å². The van der Waals surface area contributed by atoms with Crippen LogP contribution in [0.1, 0.15) is 5.56 Å². The van der Waals surface area contributed by atoms with Crippen LogP contribution in [0, 0.1) is 23.3 Å². The first-order chi connectivity index (χ1) is 8.14. The van der Waals surface area contributed by atoms with Gasteiger partial charge in [-0.3, -0.25) is 0 Å². The van der Waals surface area contributed by atoms with Crippen LogP contribution in [-0.2, 0) is 16.1 Å². The third-order valence-corrected chi connectivity index (χ3v) is 1.92. The van der Waals surface area contributed by atoms with E-state index >= 15 is 0 Å². The van der Waals surface area contributed by atoms with Crippen molar-refractivity contribution < 1.29 is 35.9 Å². The smallest absolute Gasteiger partial charge is 0.417 e. The second-order valence-corrected chi connectivity index (χ2v) is 3.51. The molecule has 0 N–H and O–H groups in total. The first-order valence-electron chi connectivity index (χ1n) is 4.20. The van der Waals surface area contributed by atoms with Crippen LogP contribution in [0.25, 0.3) is 0 Å². The lowest BCUT2D eigenvalue weighted by atomic mass is 10.2. The van der Waals surface area contributed by atoms with Gasteiger partial charge in [0.1, 0.15) is 6.61 Å². The van der Waals surface area contributed by atoms with E-state index in [1.807, 2.05) is 0 Å². The highest BCUT2D eigenvalue weighted by atomic mass is 35.5. The predicted octanol–water partition coefficient (Wildman–Crippen LogP) is 3.12. The number of alkyl halides is 3. The van der Waals surface area contributed by atoms with E-state index in [0.29, 0.717) is 0 Å². The van der Waals surface area contributed by atoms with Crippen LogP contribution >= 0.6 is 11.6 Å². The van der Waals surface area contributed by atoms with Gasteiger partial charge in [-0.25, -0.2) is 22.4 Å². The molecule has 9 heteroatoms. The van der Waals surface area contributed by atoms with Gasteiger partial charge in [0.05, 0.1) is 0 Å². The molecule has 0 heterocycles. The highest BCUT2D eigenvalue weighted by Crippen LogP contribution is 2.23. The monoisotopic (exact) mass is 292 g/mol. The van der Waals surface area contributed by atoms with Gasteiger partial charge in [-0.05, 0) is 17.7 Å². The fourth-order valence-electron chi connectivity index (χ4n) is 0.952. The standard InChI is InChI=1S/C9H3ClF6O2/c10-9(15,16)8(17)18-2-3-1-4(11)6(13)7(14)5(3)12/h1H,2H2. The van der Waals surface area contributed by atoms with E-state index in [1.54, 1.807) is 0 Å². The maximum absolute atomic E-state index is 13.0. The molecular weight excluding hydrogens is 290 g/mol. The Morgan fingerprint density at radius 3 is 2.22 bits per heavy atom. The summed E-state index contributed by atoms with van der Waals surface area (Å²) in [5, 5.41) is -4.35. The van der Waals surface area contributed by atoms with Crippen molar-refractivity contribution in [1.29, 1.82) is 0 Å². The van der Waals surface area contributed by atoms with Crippen LogP contribution in [0.5, 0.6) is 0 Å². The maximum Gasteiger partial charge on any atom is 0.417 e. The Labute approximate surface area is 101 Å². The van der Waals surface area contributed by atoms with Crippen LogP contribution in [-0.4, -0.2) is 11.4 Å². The van der Waals surface area contributed by atoms with Crippen LogP contribution < -0.4 is 0 Å². The number of benzene rings is 1. The Bertz CT molecular complexity index is 485. The molecule has 0 aliphatic rings. The molecule has 0 fully saturated rings. The molecule has 100 valence electrons. The third-order valence-electron chi connectivity index (χ3n) is 1.77. The summed E-state index contributed by atoms with van der Waals surface area (Å²) in [6.07, 6.45) is 0. The lowest BCUT2D eigenvalue weighted by Gasteiger charge is -2.09. The summed E-state index contributed by atoms with van der Waals surface area (Å²) in [7, 11) is 0. The van der Waals surface area contributed by atoms with Crippen molar-refractivity contribution in [3.05, 3.63) is 34.9 Å². The van der Waals surface area contributed by atoms with Crippen LogP contribution in [0.4, 0.5) is 26.3 Å². The number of halogens is 7. The van der Waals surface area contributed by atoms with Gasteiger partial charge in [0, 0.05) is 5.56 Å². The molecule has 1 aromatic carbocycles. The van der Waals surface area contributed by atoms with Gasteiger partial charge in [-0.1, -0.05) is 0 Å². The molecule has 1 aromatic rings. The fourth-order valence-corrected chi connectivity index (χ4v) is 1.01. The molecule has 0 bridgehead atoms. The summed E-state index contributed by atoms with van der Waals surface area (Å²) in [4.78, 5) is 10.5. The molecule has 0 spiro atoms. The molecule has 0 unspecified atom stereocenters. The molecule has 1 rings (SSSR count). The van der Waals surface area contributed by atoms with Crippen molar-refractivity contribution in [3.63, 3.8) is 0 Å². The molecule has 0 radical (unpaired) electrons. The highest BCUT2D eigenvalue weighted by Gasteiger charge is 2.38. The van der Waals surface area contributed by atoms with E-state index in [0.717, 1.165) is 0 Å². The van der Waals surface area contributed by atoms with Gasteiger partial charge in [0.2, 0.25) is 0 Å². The second-order valence-electron chi connectivity index (χ2n) is 3.03. The first kappa shape index (κ1) is 14.6. The first-order valence-corrected chi connectivity index (χ1v) is 4.58. The van der Waals surface area contributed by atoms with E-state index in [2.05, 4.69) is 16.3 Å². The molecule has 0 aliphatic heterocycles. The quantitative estimate of drug-likeness (QED) is 0.281. The van der Waals surface area contributed by atoms with Crippen molar-refractivity contribution in [2.24, 2.45) is 0 Å². The van der Waals surface area contributed by atoms with Crippen molar-refractivity contribution >= 4 is 17.6 Å². The van der Waals surface area contributed by atoms with Crippen LogP contribution in [0.3, 0.4) is 0 Å². The summed E-state index contributed by atoms with van der Waals surface area (Å²) < 4.78 is 79.0. The Morgan fingerprint density at radius 2 is 1.72 bits per heavy atom. The third kappa shape index (κ3) is 3.06. The molecule has 0 aliphatic carbocycles. The minimum Gasteiger partial charge on any atom is -0.455 e. The largest absolute Gasteiger partial charge is 0.455 e. The Morgan fingerprint density at radius 1 is 1.17 bits per heavy atom. The lowest BCUT2D eigenvalue weighted by molar-refractivity contribution is -0.162. The number of hydrogen-bond acceptors (Lipinski definition) is 2. The van der Waals surface area contributed by atoms with E-state index in [9.17, 15) is 31.1 Å². The molecule has 0 saturated heterocycles. The van der Waals surface area contributed by atoms with Crippen LogP contribution in [0.15, 0.2) is 6.07 Å². The molecule has 2 nitrogen and oxygen atoms in total. The topological polar surface area (TPSA) is 26.3 Å². The van der Waals surface area contributed by atoms with Crippen molar-refractivity contribution in [1.82, 2.24) is 0 Å². The zero-order valence-electron chi connectivity index (χ0n) is 8.25. The molecule has 18 heavy (non-hydrogen) atoms. The van der Waals surface area contributed by atoms with Gasteiger partial charge in [-0.2, -0.15) is 8.78 Å². The number of rotatable bonds is 3. The zero-order chi connectivity index (χ0) is 14.1. The van der Waals surface area contributed by atoms with E-state index in [-0.39, 0.29) is 6.07 Å². The second kappa shape index (κ2) is 5.05. The molecule has 0 amide bonds. The summed E-state index contributed by atoms with van der Waals surface area (Å²) in [6, 6.07) is 0.174. The lowest BCUT2D eigenvalue weighted by Crippen LogP contribution is -2.24. The maximum atomic E-state index is 13.0. The van der Waals surface area contributed by atoms with Gasteiger partial charge in [0.25, 0.3) is 0 Å². The Hall–Kier alpha value is -1.44. The normalized spacial score (nSPS) is 11.5. The average Bonchev–Trinajstić information content (AvgIpc) is 2.27. The van der Waals surface area contributed by atoms with Gasteiger partial charge in [0.15, 0.2) is 23.3 Å². The summed E-state index contributed by atoms with van der Waals surface area (Å²) in [6.45, 7) is -1.22. The van der Waals surface area contributed by atoms with Gasteiger partial charge < -0.3 is 4.74 Å². The minimum atomic E-state index is -4.35. The van der Waals surface area contributed by atoms with Crippen molar-refractivity contribution in [3.8, 4) is 0 Å². The van der Waals surface area contributed by atoms with Crippen LogP contribution in [0.2, 0.25) is 0 Å². The average molecular weight is 293 g/mol. The summed E-state index contributed by atoms with van der Waals surface area (Å²) in [5.41, 5.74) is -0.944. The fraction of sp³-hybridized carbons (Fsp3) is 0.222. The molecule has 0 saturated carbocycles. The van der Waals surface area contributed by atoms with Gasteiger partial charge >= 0.3 is 11.4 Å². The zero-order valence-corrected chi connectivity index (χ0v) is 9.00. The van der Waals surface area contributed by atoms with E-state index < -0.39 is 46.8 Å². The SMILES string of the molecule is O=C(OCc1cc(F)c(F)c(F)c1F)C(F)(F)Cl. The predicted molar refractivity (Wildman–Crippen MR) is 46.9 cm³/mol. The highest BCUT2D eigenvalue weighted by molar-refractivity contribution is 6.31. The summed E-state index contributed by atoms with van der Waals surface area (Å²) in [5.74, 6) is -10.0. The Balaban J connectivity index is 2.90. The molecular formula is C9H3ClF6O2. The van der Waals surface area contributed by atoms with E-state index in [4.69, 9.17) is 0 Å².